The second-order valence-electron chi connectivity index (χ2n) is 10.8. The van der Waals surface area contributed by atoms with Gasteiger partial charge in [0.25, 0.3) is 10.0 Å². The van der Waals surface area contributed by atoms with Crippen LogP contribution in [0.15, 0.2) is 77.7 Å². The van der Waals surface area contributed by atoms with Crippen molar-refractivity contribution in [1.29, 1.82) is 0 Å². The molecule has 1 aliphatic rings. The minimum atomic E-state index is -4.14. The maximum absolute atomic E-state index is 14.1. The van der Waals surface area contributed by atoms with Crippen LogP contribution in [0.5, 0.6) is 0 Å². The molecule has 0 aromatic heterocycles. The molecule has 1 atom stereocenters. The topological polar surface area (TPSA) is 86.8 Å². The molecule has 7 nitrogen and oxygen atoms in total. The Hall–Kier alpha value is -3.36. The average molecular weight is 596 g/mol. The summed E-state index contributed by atoms with van der Waals surface area (Å²) in [7, 11) is -4.14. The van der Waals surface area contributed by atoms with Crippen molar-refractivity contribution in [3.05, 3.63) is 94.5 Å². The zero-order valence-electron chi connectivity index (χ0n) is 23.8. The third-order valence-corrected chi connectivity index (χ3v) is 9.61. The van der Waals surface area contributed by atoms with Gasteiger partial charge in [0.2, 0.25) is 11.8 Å². The summed E-state index contributed by atoms with van der Waals surface area (Å²) in [5.41, 5.74) is 2.84. The zero-order valence-corrected chi connectivity index (χ0v) is 25.4. The fraction of sp³-hybridized carbons (Fsp3) is 0.375. The molecular formula is C32H38ClN3O4S. The number of rotatable bonds is 10. The lowest BCUT2D eigenvalue weighted by atomic mass is 9.95. The number of halogens is 1. The van der Waals surface area contributed by atoms with Crippen LogP contribution in [0.1, 0.15) is 55.7 Å². The van der Waals surface area contributed by atoms with E-state index in [9.17, 15) is 18.0 Å². The van der Waals surface area contributed by atoms with E-state index >= 15 is 0 Å². The lowest BCUT2D eigenvalue weighted by Gasteiger charge is -2.33. The highest BCUT2D eigenvalue weighted by atomic mass is 35.5. The van der Waals surface area contributed by atoms with Crippen molar-refractivity contribution in [2.45, 2.75) is 76.4 Å². The third-order valence-electron chi connectivity index (χ3n) is 7.60. The van der Waals surface area contributed by atoms with E-state index in [4.69, 9.17) is 11.6 Å². The van der Waals surface area contributed by atoms with Gasteiger partial charge >= 0.3 is 0 Å². The predicted molar refractivity (Wildman–Crippen MR) is 163 cm³/mol. The van der Waals surface area contributed by atoms with Crippen molar-refractivity contribution in [2.75, 3.05) is 10.8 Å². The van der Waals surface area contributed by atoms with Gasteiger partial charge in [0.1, 0.15) is 12.6 Å². The quantitative estimate of drug-likeness (QED) is 0.311. The molecule has 2 amide bonds. The van der Waals surface area contributed by atoms with Crippen LogP contribution in [0.25, 0.3) is 0 Å². The highest BCUT2D eigenvalue weighted by molar-refractivity contribution is 7.92. The van der Waals surface area contributed by atoms with Gasteiger partial charge in [-0.1, -0.05) is 85.0 Å². The normalized spacial score (nSPS) is 14.7. The monoisotopic (exact) mass is 595 g/mol. The smallest absolute Gasteiger partial charge is 0.264 e. The van der Waals surface area contributed by atoms with Crippen molar-refractivity contribution >= 4 is 39.1 Å². The number of nitrogens with zero attached hydrogens (tertiary/aromatic N) is 2. The minimum absolute atomic E-state index is 0.0560. The number of hydrogen-bond donors (Lipinski definition) is 1. The number of amides is 2. The van der Waals surface area contributed by atoms with Gasteiger partial charge < -0.3 is 10.2 Å². The molecule has 1 saturated carbocycles. The van der Waals surface area contributed by atoms with Crippen LogP contribution in [0.2, 0.25) is 5.02 Å². The maximum Gasteiger partial charge on any atom is 0.264 e. The number of sulfonamides is 1. The van der Waals surface area contributed by atoms with Crippen molar-refractivity contribution < 1.29 is 18.0 Å². The van der Waals surface area contributed by atoms with Crippen LogP contribution < -0.4 is 9.62 Å². The first kappa shape index (κ1) is 30.6. The van der Waals surface area contributed by atoms with Gasteiger partial charge in [-0.2, -0.15) is 0 Å². The molecule has 3 aromatic rings. The molecule has 0 radical (unpaired) electrons. The second-order valence-corrected chi connectivity index (χ2v) is 13.1. The molecule has 1 N–H and O–H groups in total. The summed E-state index contributed by atoms with van der Waals surface area (Å²) >= 11 is 6.29. The molecular weight excluding hydrogens is 558 g/mol. The molecule has 3 aromatic carbocycles. The Labute approximate surface area is 248 Å². The first-order valence-electron chi connectivity index (χ1n) is 14.1. The highest BCUT2D eigenvalue weighted by Gasteiger charge is 2.33. The fourth-order valence-corrected chi connectivity index (χ4v) is 6.90. The van der Waals surface area contributed by atoms with E-state index in [1.165, 1.54) is 17.0 Å². The molecule has 0 saturated heterocycles. The fourth-order valence-electron chi connectivity index (χ4n) is 5.24. The molecule has 4 rings (SSSR count). The number of nitrogens with one attached hydrogen (secondary N) is 1. The second kappa shape index (κ2) is 13.5. The molecule has 1 aliphatic carbocycles. The van der Waals surface area contributed by atoms with Crippen LogP contribution >= 0.6 is 11.6 Å². The van der Waals surface area contributed by atoms with Crippen LogP contribution in [0.3, 0.4) is 0 Å². The van der Waals surface area contributed by atoms with Crippen LogP contribution in [0, 0.1) is 13.8 Å². The number of anilines is 1. The summed E-state index contributed by atoms with van der Waals surface area (Å²) in [6, 6.07) is 20.0. The molecule has 0 aliphatic heterocycles. The predicted octanol–water partition coefficient (Wildman–Crippen LogP) is 6.02. The lowest BCUT2D eigenvalue weighted by molar-refractivity contribution is -0.139. The van der Waals surface area contributed by atoms with Crippen LogP contribution in [0.4, 0.5) is 5.69 Å². The Morgan fingerprint density at radius 1 is 0.951 bits per heavy atom. The van der Waals surface area contributed by atoms with Crippen molar-refractivity contribution in [3.8, 4) is 0 Å². The van der Waals surface area contributed by atoms with E-state index in [1.807, 2.05) is 31.2 Å². The largest absolute Gasteiger partial charge is 0.352 e. The SMILES string of the molecule is Cc1cccc(CN(C(=O)CN(c2cc(Cl)ccc2C)S(=O)(=O)c2ccccc2)C(C)C(=O)NC2CCCCC2)c1. The van der Waals surface area contributed by atoms with E-state index in [1.54, 1.807) is 50.2 Å². The molecule has 1 fully saturated rings. The molecule has 1 unspecified atom stereocenters. The summed E-state index contributed by atoms with van der Waals surface area (Å²) in [5, 5.41) is 3.48. The van der Waals surface area contributed by atoms with E-state index in [-0.39, 0.29) is 23.4 Å². The Bertz CT molecular complexity index is 1470. The molecule has 0 spiro atoms. The Balaban J connectivity index is 1.70. The van der Waals surface area contributed by atoms with Crippen LogP contribution in [-0.4, -0.2) is 43.8 Å². The number of carbonyl (C=O) groups is 2. The van der Waals surface area contributed by atoms with Gasteiger partial charge in [0.15, 0.2) is 0 Å². The Morgan fingerprint density at radius 2 is 1.66 bits per heavy atom. The summed E-state index contributed by atoms with van der Waals surface area (Å²) in [6.45, 7) is 5.10. The Morgan fingerprint density at radius 3 is 2.34 bits per heavy atom. The third kappa shape index (κ3) is 7.68. The highest BCUT2D eigenvalue weighted by Crippen LogP contribution is 2.30. The van der Waals surface area contributed by atoms with Gasteiger partial charge in [0, 0.05) is 17.6 Å². The Kier molecular flexibility index (Phi) is 10.1. The maximum atomic E-state index is 14.1. The zero-order chi connectivity index (χ0) is 29.6. The molecule has 0 bridgehead atoms. The number of hydrogen-bond acceptors (Lipinski definition) is 4. The van der Waals surface area contributed by atoms with E-state index in [0.29, 0.717) is 16.3 Å². The van der Waals surface area contributed by atoms with Crippen molar-refractivity contribution in [3.63, 3.8) is 0 Å². The lowest BCUT2D eigenvalue weighted by Crippen LogP contribution is -2.53. The molecule has 218 valence electrons. The summed E-state index contributed by atoms with van der Waals surface area (Å²) < 4.78 is 29.0. The number of aryl methyl sites for hydroxylation is 2. The molecule has 9 heteroatoms. The van der Waals surface area contributed by atoms with Gasteiger partial charge in [-0.15, -0.1) is 0 Å². The van der Waals surface area contributed by atoms with Gasteiger partial charge in [-0.25, -0.2) is 8.42 Å². The first-order valence-corrected chi connectivity index (χ1v) is 15.9. The first-order chi connectivity index (χ1) is 19.6. The van der Waals surface area contributed by atoms with Crippen molar-refractivity contribution in [2.24, 2.45) is 0 Å². The summed E-state index contributed by atoms with van der Waals surface area (Å²) in [5.74, 6) is -0.731. The van der Waals surface area contributed by atoms with Gasteiger partial charge in [0.05, 0.1) is 10.6 Å². The van der Waals surface area contributed by atoms with E-state index < -0.39 is 28.5 Å². The molecule has 41 heavy (non-hydrogen) atoms. The number of carbonyl (C=O) groups excluding carboxylic acids is 2. The van der Waals surface area contributed by atoms with E-state index in [2.05, 4.69) is 5.32 Å². The standard InChI is InChI=1S/C32H38ClN3O4S/c1-23-11-10-12-26(19-23)21-35(25(3)32(38)34-28-13-6-4-7-14-28)31(37)22-36(30-20-27(33)18-17-24(30)2)41(39,40)29-15-8-5-9-16-29/h5,8-12,15-20,25,28H,4,6-7,13-14,21-22H2,1-3H3,(H,34,38). The molecule has 0 heterocycles. The van der Waals surface area contributed by atoms with E-state index in [0.717, 1.165) is 47.5 Å². The summed E-state index contributed by atoms with van der Waals surface area (Å²) in [4.78, 5) is 29.1. The number of benzene rings is 3. The van der Waals surface area contributed by atoms with Gasteiger partial charge in [-0.3, -0.25) is 13.9 Å². The van der Waals surface area contributed by atoms with Crippen molar-refractivity contribution in [1.82, 2.24) is 10.2 Å². The summed E-state index contributed by atoms with van der Waals surface area (Å²) in [6.07, 6.45) is 5.13. The van der Waals surface area contributed by atoms with Crippen LogP contribution in [-0.2, 0) is 26.2 Å². The minimum Gasteiger partial charge on any atom is -0.352 e. The average Bonchev–Trinajstić information content (AvgIpc) is 2.96. The van der Waals surface area contributed by atoms with Gasteiger partial charge in [-0.05, 0) is 69.0 Å².